The Morgan fingerprint density at radius 1 is 1.04 bits per heavy atom. The molecule has 0 saturated carbocycles. The molecule has 146 valence electrons. The number of hydrogen-bond donors (Lipinski definition) is 0. The lowest BCUT2D eigenvalue weighted by Gasteiger charge is -2.36. The van der Waals surface area contributed by atoms with Crippen molar-refractivity contribution in [1.82, 2.24) is 25.1 Å². The normalized spacial score (nSPS) is 16.9. The zero-order chi connectivity index (χ0) is 19.3. The molecule has 0 radical (unpaired) electrons. The van der Waals surface area contributed by atoms with Crippen LogP contribution in [0.5, 0.6) is 0 Å². The van der Waals surface area contributed by atoms with Gasteiger partial charge in [0.2, 0.25) is 0 Å². The number of piperidine rings is 1. The van der Waals surface area contributed by atoms with Gasteiger partial charge in [0.25, 0.3) is 0 Å². The van der Waals surface area contributed by atoms with E-state index < -0.39 is 0 Å². The van der Waals surface area contributed by atoms with E-state index in [0.717, 1.165) is 49.7 Å². The third-order valence-electron chi connectivity index (χ3n) is 5.63. The van der Waals surface area contributed by atoms with Crippen molar-refractivity contribution in [3.63, 3.8) is 0 Å². The van der Waals surface area contributed by atoms with E-state index in [1.807, 2.05) is 35.0 Å². The molecule has 0 spiro atoms. The minimum Gasteiger partial charge on any atom is -0.290 e. The standard InChI is InChI=1S/C22H26FN5/c1-17-11-14-27(15-12-17)21(19-7-9-20(23)10-8-19)22-24-25-26-28(22)16-13-18-5-3-2-4-6-18/h2-10,17,21H,11-16H2,1H3/t21-/m0/s1. The number of benzene rings is 2. The summed E-state index contributed by atoms with van der Waals surface area (Å²) in [5.74, 6) is 1.34. The van der Waals surface area contributed by atoms with E-state index in [-0.39, 0.29) is 11.9 Å². The number of rotatable bonds is 6. The molecule has 6 heteroatoms. The average Bonchev–Trinajstić information content (AvgIpc) is 3.18. The lowest BCUT2D eigenvalue weighted by Crippen LogP contribution is -2.38. The number of halogens is 1. The van der Waals surface area contributed by atoms with E-state index in [9.17, 15) is 4.39 Å². The Hall–Kier alpha value is -2.60. The second kappa shape index (κ2) is 8.61. The van der Waals surface area contributed by atoms with Gasteiger partial charge in [0.1, 0.15) is 5.82 Å². The van der Waals surface area contributed by atoms with Gasteiger partial charge in [-0.25, -0.2) is 9.07 Å². The van der Waals surface area contributed by atoms with Gasteiger partial charge in [-0.3, -0.25) is 4.90 Å². The SMILES string of the molecule is CC1CCN([C@@H](c2ccc(F)cc2)c2nnnn2CCc2ccccc2)CC1. The molecule has 3 aromatic rings. The Kier molecular flexibility index (Phi) is 5.76. The molecule has 2 aromatic carbocycles. The van der Waals surface area contributed by atoms with E-state index >= 15 is 0 Å². The summed E-state index contributed by atoms with van der Waals surface area (Å²) in [4.78, 5) is 2.43. The summed E-state index contributed by atoms with van der Waals surface area (Å²) in [7, 11) is 0. The number of nitrogens with zero attached hydrogens (tertiary/aromatic N) is 5. The minimum absolute atomic E-state index is 0.0566. The first-order valence-electron chi connectivity index (χ1n) is 10.00. The second-order valence-corrected chi connectivity index (χ2v) is 7.67. The van der Waals surface area contributed by atoms with Crippen LogP contribution in [0.15, 0.2) is 54.6 Å². The highest BCUT2D eigenvalue weighted by Gasteiger charge is 2.30. The number of aromatic nitrogens is 4. The van der Waals surface area contributed by atoms with E-state index in [1.165, 1.54) is 17.7 Å². The fourth-order valence-electron chi connectivity index (χ4n) is 3.90. The predicted octanol–water partition coefficient (Wildman–Crippen LogP) is 3.88. The first-order chi connectivity index (χ1) is 13.7. The second-order valence-electron chi connectivity index (χ2n) is 7.67. The molecule has 1 fully saturated rings. The quantitative estimate of drug-likeness (QED) is 0.652. The van der Waals surface area contributed by atoms with Gasteiger partial charge >= 0.3 is 0 Å². The molecule has 0 bridgehead atoms. The van der Waals surface area contributed by atoms with Gasteiger partial charge in [0, 0.05) is 6.54 Å². The Bertz CT molecular complexity index is 869. The smallest absolute Gasteiger partial charge is 0.173 e. The van der Waals surface area contributed by atoms with E-state index in [1.54, 1.807) is 0 Å². The summed E-state index contributed by atoms with van der Waals surface area (Å²) in [6, 6.07) is 17.1. The van der Waals surface area contributed by atoms with Crippen LogP contribution in [-0.2, 0) is 13.0 Å². The molecule has 1 aromatic heterocycles. The first kappa shape index (κ1) is 18.7. The van der Waals surface area contributed by atoms with Crippen molar-refractivity contribution in [2.24, 2.45) is 5.92 Å². The van der Waals surface area contributed by atoms with Crippen LogP contribution in [0.4, 0.5) is 4.39 Å². The lowest BCUT2D eigenvalue weighted by molar-refractivity contribution is 0.149. The fraction of sp³-hybridized carbons (Fsp3) is 0.409. The highest BCUT2D eigenvalue weighted by atomic mass is 19.1. The van der Waals surface area contributed by atoms with Crippen LogP contribution in [0.3, 0.4) is 0 Å². The third kappa shape index (κ3) is 4.28. The van der Waals surface area contributed by atoms with Crippen LogP contribution in [0, 0.1) is 11.7 Å². The summed E-state index contributed by atoms with van der Waals surface area (Å²) in [5.41, 5.74) is 2.29. The molecule has 0 unspecified atom stereocenters. The van der Waals surface area contributed by atoms with E-state index in [2.05, 4.69) is 39.5 Å². The Balaban J connectivity index is 1.61. The zero-order valence-electron chi connectivity index (χ0n) is 16.2. The van der Waals surface area contributed by atoms with Gasteiger partial charge in [-0.1, -0.05) is 49.4 Å². The fourth-order valence-corrected chi connectivity index (χ4v) is 3.90. The van der Waals surface area contributed by atoms with Crippen LogP contribution in [0.25, 0.3) is 0 Å². The van der Waals surface area contributed by atoms with Crippen molar-refractivity contribution in [3.8, 4) is 0 Å². The molecule has 0 N–H and O–H groups in total. The molecular weight excluding hydrogens is 353 g/mol. The van der Waals surface area contributed by atoms with Gasteiger partial charge in [-0.05, 0) is 72.0 Å². The topological polar surface area (TPSA) is 46.8 Å². The molecular formula is C22H26FN5. The van der Waals surface area contributed by atoms with Crippen molar-refractivity contribution in [2.45, 2.75) is 38.8 Å². The van der Waals surface area contributed by atoms with Crippen LogP contribution >= 0.6 is 0 Å². The summed E-state index contributed by atoms with van der Waals surface area (Å²) in [5, 5.41) is 12.6. The maximum atomic E-state index is 13.5. The first-order valence-corrected chi connectivity index (χ1v) is 10.00. The molecule has 4 rings (SSSR count). The van der Waals surface area contributed by atoms with Gasteiger partial charge in [0.05, 0.1) is 6.04 Å². The van der Waals surface area contributed by atoms with E-state index in [4.69, 9.17) is 0 Å². The molecule has 1 aliphatic heterocycles. The molecule has 1 atom stereocenters. The molecule has 2 heterocycles. The Morgan fingerprint density at radius 3 is 2.46 bits per heavy atom. The van der Waals surface area contributed by atoms with Crippen molar-refractivity contribution >= 4 is 0 Å². The monoisotopic (exact) mass is 379 g/mol. The predicted molar refractivity (Wildman–Crippen MR) is 106 cm³/mol. The van der Waals surface area contributed by atoms with Crippen LogP contribution in [0.1, 0.15) is 42.8 Å². The summed E-state index contributed by atoms with van der Waals surface area (Å²) >= 11 is 0. The molecule has 28 heavy (non-hydrogen) atoms. The highest BCUT2D eigenvalue weighted by molar-refractivity contribution is 5.25. The van der Waals surface area contributed by atoms with Gasteiger partial charge in [0.15, 0.2) is 5.82 Å². The average molecular weight is 379 g/mol. The molecule has 1 aliphatic rings. The minimum atomic E-state index is -0.224. The van der Waals surface area contributed by atoms with Gasteiger partial charge in [-0.2, -0.15) is 0 Å². The molecule has 1 saturated heterocycles. The van der Waals surface area contributed by atoms with Crippen LogP contribution in [0.2, 0.25) is 0 Å². The number of hydrogen-bond acceptors (Lipinski definition) is 4. The number of likely N-dealkylation sites (tertiary alicyclic amines) is 1. The largest absolute Gasteiger partial charge is 0.290 e. The molecule has 5 nitrogen and oxygen atoms in total. The number of aryl methyl sites for hydroxylation is 2. The summed E-state index contributed by atoms with van der Waals surface area (Å²) < 4.78 is 15.4. The number of tetrazole rings is 1. The van der Waals surface area contributed by atoms with Crippen molar-refractivity contribution in [1.29, 1.82) is 0 Å². The summed E-state index contributed by atoms with van der Waals surface area (Å²) in [6.45, 7) is 5.01. The van der Waals surface area contributed by atoms with Gasteiger partial charge in [-0.15, -0.1) is 5.10 Å². The van der Waals surface area contributed by atoms with E-state index in [0.29, 0.717) is 6.54 Å². The highest BCUT2D eigenvalue weighted by Crippen LogP contribution is 2.31. The van der Waals surface area contributed by atoms with Crippen molar-refractivity contribution < 1.29 is 4.39 Å². The zero-order valence-corrected chi connectivity index (χ0v) is 16.2. The Labute approximate surface area is 165 Å². The Morgan fingerprint density at radius 2 is 1.75 bits per heavy atom. The maximum absolute atomic E-state index is 13.5. The van der Waals surface area contributed by atoms with Crippen molar-refractivity contribution in [2.75, 3.05) is 13.1 Å². The lowest BCUT2D eigenvalue weighted by atomic mass is 9.95. The van der Waals surface area contributed by atoms with Crippen LogP contribution < -0.4 is 0 Å². The molecule has 0 amide bonds. The molecule has 0 aliphatic carbocycles. The van der Waals surface area contributed by atoms with Crippen LogP contribution in [-0.4, -0.2) is 38.2 Å². The summed E-state index contributed by atoms with van der Waals surface area (Å²) in [6.07, 6.45) is 3.18. The third-order valence-corrected chi connectivity index (χ3v) is 5.63. The van der Waals surface area contributed by atoms with Crippen molar-refractivity contribution in [3.05, 3.63) is 77.4 Å². The maximum Gasteiger partial charge on any atom is 0.173 e. The van der Waals surface area contributed by atoms with Gasteiger partial charge < -0.3 is 0 Å².